The van der Waals surface area contributed by atoms with E-state index in [4.69, 9.17) is 11.6 Å². The Bertz CT molecular complexity index is 533. The van der Waals surface area contributed by atoms with E-state index in [0.717, 1.165) is 12.1 Å². The third-order valence-corrected chi connectivity index (χ3v) is 4.61. The second-order valence-corrected chi connectivity index (χ2v) is 6.37. The minimum absolute atomic E-state index is 0.500. The SMILES string of the molecule is Cc1cc(CNCC(O)c2ccccc2Cl)sc1C. The summed E-state index contributed by atoms with van der Waals surface area (Å²) in [5.41, 5.74) is 2.10. The third kappa shape index (κ3) is 3.80. The molecule has 0 spiro atoms. The minimum Gasteiger partial charge on any atom is -0.387 e. The Morgan fingerprint density at radius 1 is 1.32 bits per heavy atom. The molecule has 0 bridgehead atoms. The number of hydrogen-bond donors (Lipinski definition) is 2. The van der Waals surface area contributed by atoms with E-state index in [9.17, 15) is 5.11 Å². The number of benzene rings is 1. The number of thiophene rings is 1. The number of halogens is 1. The summed E-state index contributed by atoms with van der Waals surface area (Å²) in [4.78, 5) is 2.64. The lowest BCUT2D eigenvalue weighted by molar-refractivity contribution is 0.174. The lowest BCUT2D eigenvalue weighted by Crippen LogP contribution is -2.20. The highest BCUT2D eigenvalue weighted by atomic mass is 35.5. The summed E-state index contributed by atoms with van der Waals surface area (Å²) in [6, 6.07) is 9.59. The fourth-order valence-electron chi connectivity index (χ4n) is 1.92. The van der Waals surface area contributed by atoms with Gasteiger partial charge in [0.15, 0.2) is 0 Å². The van der Waals surface area contributed by atoms with Gasteiger partial charge < -0.3 is 10.4 Å². The molecule has 2 rings (SSSR count). The van der Waals surface area contributed by atoms with Crippen LogP contribution in [0.4, 0.5) is 0 Å². The van der Waals surface area contributed by atoms with Gasteiger partial charge in [-0.15, -0.1) is 11.3 Å². The molecule has 0 saturated heterocycles. The molecule has 0 aliphatic carbocycles. The van der Waals surface area contributed by atoms with E-state index < -0.39 is 6.10 Å². The van der Waals surface area contributed by atoms with Crippen molar-refractivity contribution in [3.63, 3.8) is 0 Å². The quantitative estimate of drug-likeness (QED) is 0.878. The number of aliphatic hydroxyl groups excluding tert-OH is 1. The van der Waals surface area contributed by atoms with Gasteiger partial charge in [0.1, 0.15) is 0 Å². The van der Waals surface area contributed by atoms with E-state index in [-0.39, 0.29) is 0 Å². The molecule has 2 aromatic rings. The van der Waals surface area contributed by atoms with Gasteiger partial charge in [0.25, 0.3) is 0 Å². The first-order valence-corrected chi connectivity index (χ1v) is 7.46. The van der Waals surface area contributed by atoms with E-state index in [0.29, 0.717) is 11.6 Å². The maximum absolute atomic E-state index is 10.1. The average Bonchev–Trinajstić information content (AvgIpc) is 2.69. The topological polar surface area (TPSA) is 32.3 Å². The van der Waals surface area contributed by atoms with Crippen LogP contribution < -0.4 is 5.32 Å². The number of hydrogen-bond acceptors (Lipinski definition) is 3. The van der Waals surface area contributed by atoms with E-state index in [1.807, 2.05) is 18.2 Å². The van der Waals surface area contributed by atoms with Crippen LogP contribution >= 0.6 is 22.9 Å². The van der Waals surface area contributed by atoms with Gasteiger partial charge in [-0.3, -0.25) is 0 Å². The van der Waals surface area contributed by atoms with Gasteiger partial charge in [-0.05, 0) is 31.5 Å². The van der Waals surface area contributed by atoms with Crippen molar-refractivity contribution >= 4 is 22.9 Å². The first-order valence-electron chi connectivity index (χ1n) is 6.27. The minimum atomic E-state index is -0.573. The van der Waals surface area contributed by atoms with Crippen molar-refractivity contribution in [2.24, 2.45) is 0 Å². The molecule has 0 fully saturated rings. The Kier molecular flexibility index (Phi) is 4.99. The van der Waals surface area contributed by atoms with Crippen molar-refractivity contribution in [2.75, 3.05) is 6.54 Å². The smallest absolute Gasteiger partial charge is 0.0928 e. The lowest BCUT2D eigenvalue weighted by atomic mass is 10.1. The lowest BCUT2D eigenvalue weighted by Gasteiger charge is -2.13. The highest BCUT2D eigenvalue weighted by molar-refractivity contribution is 7.12. The Hall–Kier alpha value is -0.870. The first-order chi connectivity index (χ1) is 9.08. The summed E-state index contributed by atoms with van der Waals surface area (Å²) in [6.45, 7) is 5.52. The molecule has 2 nitrogen and oxygen atoms in total. The Balaban J connectivity index is 1.87. The average molecular weight is 296 g/mol. The molecule has 0 saturated carbocycles. The molecule has 0 amide bonds. The number of aliphatic hydroxyl groups is 1. The number of nitrogens with one attached hydrogen (secondary N) is 1. The van der Waals surface area contributed by atoms with Crippen molar-refractivity contribution in [1.82, 2.24) is 5.32 Å². The first kappa shape index (κ1) is 14.5. The summed E-state index contributed by atoms with van der Waals surface area (Å²) in [6.07, 6.45) is -0.573. The van der Waals surface area contributed by atoms with Crippen LogP contribution in [0.5, 0.6) is 0 Å². The van der Waals surface area contributed by atoms with E-state index in [1.54, 1.807) is 17.4 Å². The Labute approximate surface area is 123 Å². The Morgan fingerprint density at radius 2 is 2.05 bits per heavy atom. The monoisotopic (exact) mass is 295 g/mol. The zero-order chi connectivity index (χ0) is 13.8. The molecule has 1 aromatic carbocycles. The second-order valence-electron chi connectivity index (χ2n) is 4.62. The maximum Gasteiger partial charge on any atom is 0.0928 e. The van der Waals surface area contributed by atoms with Gasteiger partial charge in [-0.1, -0.05) is 29.8 Å². The predicted molar refractivity (Wildman–Crippen MR) is 81.9 cm³/mol. The maximum atomic E-state index is 10.1. The molecule has 0 aliphatic heterocycles. The van der Waals surface area contributed by atoms with E-state index in [1.165, 1.54) is 15.3 Å². The highest BCUT2D eigenvalue weighted by Gasteiger charge is 2.10. The van der Waals surface area contributed by atoms with Crippen LogP contribution in [0.25, 0.3) is 0 Å². The van der Waals surface area contributed by atoms with Crippen molar-refractivity contribution < 1.29 is 5.11 Å². The van der Waals surface area contributed by atoms with Crippen LogP contribution in [-0.4, -0.2) is 11.7 Å². The van der Waals surface area contributed by atoms with Crippen molar-refractivity contribution in [3.05, 3.63) is 56.2 Å². The van der Waals surface area contributed by atoms with Crippen LogP contribution in [0.15, 0.2) is 30.3 Å². The molecule has 102 valence electrons. The van der Waals surface area contributed by atoms with Gasteiger partial charge in [0, 0.05) is 33.4 Å². The predicted octanol–water partition coefficient (Wildman–Crippen LogP) is 3.84. The summed E-state index contributed by atoms with van der Waals surface area (Å²) in [7, 11) is 0. The van der Waals surface area contributed by atoms with Crippen molar-refractivity contribution in [2.45, 2.75) is 26.5 Å². The van der Waals surface area contributed by atoms with Gasteiger partial charge >= 0.3 is 0 Å². The van der Waals surface area contributed by atoms with Gasteiger partial charge in [-0.25, -0.2) is 0 Å². The van der Waals surface area contributed by atoms with Crippen LogP contribution in [0, 0.1) is 13.8 Å². The molecule has 1 atom stereocenters. The third-order valence-electron chi connectivity index (χ3n) is 3.12. The fourth-order valence-corrected chi connectivity index (χ4v) is 3.21. The summed E-state index contributed by atoms with van der Waals surface area (Å²) in [5, 5.41) is 14.0. The molecule has 19 heavy (non-hydrogen) atoms. The molecule has 1 unspecified atom stereocenters. The van der Waals surface area contributed by atoms with Gasteiger partial charge in [-0.2, -0.15) is 0 Å². The van der Waals surface area contributed by atoms with Crippen LogP contribution in [0.1, 0.15) is 27.0 Å². The van der Waals surface area contributed by atoms with Crippen LogP contribution in [-0.2, 0) is 6.54 Å². The molecule has 0 aliphatic rings. The number of rotatable bonds is 5. The molecule has 2 N–H and O–H groups in total. The highest BCUT2D eigenvalue weighted by Crippen LogP contribution is 2.23. The summed E-state index contributed by atoms with van der Waals surface area (Å²) >= 11 is 7.85. The molecule has 4 heteroatoms. The normalized spacial score (nSPS) is 12.6. The molecule has 1 aromatic heterocycles. The molecule has 1 heterocycles. The standard InChI is InChI=1S/C15H18ClNOS/c1-10-7-12(19-11(10)2)8-17-9-15(18)13-5-3-4-6-14(13)16/h3-7,15,17-18H,8-9H2,1-2H3. The van der Waals surface area contributed by atoms with Gasteiger partial charge in [0.05, 0.1) is 6.10 Å². The number of aryl methyl sites for hydroxylation is 2. The van der Waals surface area contributed by atoms with E-state index in [2.05, 4.69) is 25.2 Å². The Morgan fingerprint density at radius 3 is 2.68 bits per heavy atom. The van der Waals surface area contributed by atoms with Gasteiger partial charge in [0.2, 0.25) is 0 Å². The van der Waals surface area contributed by atoms with E-state index >= 15 is 0 Å². The second kappa shape index (κ2) is 6.53. The van der Waals surface area contributed by atoms with Crippen molar-refractivity contribution in [3.8, 4) is 0 Å². The zero-order valence-corrected chi connectivity index (χ0v) is 12.7. The van der Waals surface area contributed by atoms with Crippen LogP contribution in [0.2, 0.25) is 5.02 Å². The van der Waals surface area contributed by atoms with Crippen molar-refractivity contribution in [1.29, 1.82) is 0 Å². The summed E-state index contributed by atoms with van der Waals surface area (Å²) < 4.78 is 0. The fraction of sp³-hybridized carbons (Fsp3) is 0.333. The molecular weight excluding hydrogens is 278 g/mol. The molecular formula is C15H18ClNOS. The zero-order valence-electron chi connectivity index (χ0n) is 11.1. The van der Waals surface area contributed by atoms with Crippen LogP contribution in [0.3, 0.4) is 0 Å². The largest absolute Gasteiger partial charge is 0.387 e. The summed E-state index contributed by atoms with van der Waals surface area (Å²) in [5.74, 6) is 0. The molecule has 0 radical (unpaired) electrons.